The van der Waals surface area contributed by atoms with Gasteiger partial charge in [0.05, 0.1) is 0 Å². The molecular weight excluding hydrogens is 180 g/mol. The summed E-state index contributed by atoms with van der Waals surface area (Å²) in [6, 6.07) is 0. The Kier molecular flexibility index (Phi) is 9.87. The fourth-order valence-electron chi connectivity index (χ4n) is 0.844. The minimum absolute atomic E-state index is 0.0249. The monoisotopic (exact) mass is 200 g/mol. The summed E-state index contributed by atoms with van der Waals surface area (Å²) in [7, 11) is 0.622. The molecule has 0 amide bonds. The lowest BCUT2D eigenvalue weighted by Gasteiger charge is -2.13. The van der Waals surface area contributed by atoms with Crippen molar-refractivity contribution in [1.82, 2.24) is 0 Å². The van der Waals surface area contributed by atoms with E-state index >= 15 is 0 Å². The second-order valence-electron chi connectivity index (χ2n) is 2.60. The van der Waals surface area contributed by atoms with E-state index in [-0.39, 0.29) is 5.91 Å². The molecule has 0 aromatic carbocycles. The van der Waals surface area contributed by atoms with Gasteiger partial charge < -0.3 is 9.47 Å². The average molecular weight is 200 g/mol. The molecule has 3 heteroatoms. The zero-order valence-electron chi connectivity index (χ0n) is 8.88. The van der Waals surface area contributed by atoms with Crippen LogP contribution in [0.1, 0.15) is 33.6 Å². The van der Waals surface area contributed by atoms with Crippen LogP contribution in [0.3, 0.4) is 0 Å². The molecule has 2 radical (unpaired) electrons. The van der Waals surface area contributed by atoms with Gasteiger partial charge in [-0.3, -0.25) is 0 Å². The van der Waals surface area contributed by atoms with Gasteiger partial charge in [-0.05, 0) is 20.3 Å². The zero-order valence-corrected chi connectivity index (χ0v) is 9.88. The van der Waals surface area contributed by atoms with Crippen LogP contribution in [0, 0.1) is 0 Å². The molecule has 0 saturated heterocycles. The first-order valence-electron chi connectivity index (χ1n) is 4.99. The number of rotatable bonds is 8. The lowest BCUT2D eigenvalue weighted by molar-refractivity contribution is -0.0818. The van der Waals surface area contributed by atoms with Crippen LogP contribution in [0.5, 0.6) is 0 Å². The SMILES string of the molecule is CCCC=C[Si]C(OCC)OCC. The molecule has 0 heterocycles. The van der Waals surface area contributed by atoms with Crippen LogP contribution in [0.25, 0.3) is 0 Å². The van der Waals surface area contributed by atoms with Gasteiger partial charge in [-0.1, -0.05) is 25.1 Å². The molecule has 0 spiro atoms. The Hall–Kier alpha value is -0.123. The maximum absolute atomic E-state index is 5.40. The van der Waals surface area contributed by atoms with Crippen LogP contribution in [-0.4, -0.2) is 28.6 Å². The van der Waals surface area contributed by atoms with E-state index in [0.717, 1.165) is 19.6 Å². The number of unbranched alkanes of at least 4 members (excludes halogenated alkanes) is 1. The van der Waals surface area contributed by atoms with E-state index in [1.165, 1.54) is 6.42 Å². The Balaban J connectivity index is 3.54. The topological polar surface area (TPSA) is 18.5 Å². The fraction of sp³-hybridized carbons (Fsp3) is 0.800. The van der Waals surface area contributed by atoms with E-state index in [4.69, 9.17) is 9.47 Å². The van der Waals surface area contributed by atoms with Crippen LogP contribution in [-0.2, 0) is 9.47 Å². The van der Waals surface area contributed by atoms with Crippen molar-refractivity contribution in [2.45, 2.75) is 39.5 Å². The summed E-state index contributed by atoms with van der Waals surface area (Å²) < 4.78 is 10.8. The molecule has 0 aliphatic rings. The van der Waals surface area contributed by atoms with Gasteiger partial charge in [-0.2, -0.15) is 0 Å². The maximum Gasteiger partial charge on any atom is 0.147 e. The summed E-state index contributed by atoms with van der Waals surface area (Å²) in [6.45, 7) is 7.60. The van der Waals surface area contributed by atoms with Crippen molar-refractivity contribution in [3.8, 4) is 0 Å². The predicted octanol–water partition coefficient (Wildman–Crippen LogP) is 2.36. The molecule has 2 nitrogen and oxygen atoms in total. The van der Waals surface area contributed by atoms with Crippen LogP contribution in [0.2, 0.25) is 0 Å². The Morgan fingerprint density at radius 1 is 1.15 bits per heavy atom. The van der Waals surface area contributed by atoms with Crippen molar-refractivity contribution in [3.63, 3.8) is 0 Å². The van der Waals surface area contributed by atoms with E-state index in [9.17, 15) is 0 Å². The molecular formula is C10H20O2Si. The summed E-state index contributed by atoms with van der Waals surface area (Å²) in [5.74, 6) is -0.0249. The molecule has 0 N–H and O–H groups in total. The van der Waals surface area contributed by atoms with Crippen LogP contribution < -0.4 is 0 Å². The largest absolute Gasteiger partial charge is 0.357 e. The highest BCUT2D eigenvalue weighted by atomic mass is 28.2. The van der Waals surface area contributed by atoms with Crippen molar-refractivity contribution in [1.29, 1.82) is 0 Å². The Morgan fingerprint density at radius 2 is 1.77 bits per heavy atom. The van der Waals surface area contributed by atoms with E-state index in [2.05, 4.69) is 18.7 Å². The third-order valence-electron chi connectivity index (χ3n) is 1.44. The van der Waals surface area contributed by atoms with Gasteiger partial charge in [0.2, 0.25) is 0 Å². The summed E-state index contributed by atoms with van der Waals surface area (Å²) in [5.41, 5.74) is 2.17. The lowest BCUT2D eigenvalue weighted by Crippen LogP contribution is -2.23. The van der Waals surface area contributed by atoms with Crippen LogP contribution >= 0.6 is 0 Å². The van der Waals surface area contributed by atoms with Gasteiger partial charge in [0, 0.05) is 13.2 Å². The summed E-state index contributed by atoms with van der Waals surface area (Å²) in [4.78, 5) is 0. The number of allylic oxidation sites excluding steroid dienone is 1. The highest BCUT2D eigenvalue weighted by Crippen LogP contribution is 1.95. The first-order valence-corrected chi connectivity index (χ1v) is 6.14. The molecule has 76 valence electrons. The minimum atomic E-state index is -0.0249. The van der Waals surface area contributed by atoms with Gasteiger partial charge in [0.1, 0.15) is 15.4 Å². The second-order valence-corrected chi connectivity index (χ2v) is 3.74. The molecule has 0 rings (SSSR count). The van der Waals surface area contributed by atoms with E-state index in [1.54, 1.807) is 0 Å². The molecule has 0 unspecified atom stereocenters. The van der Waals surface area contributed by atoms with E-state index in [0.29, 0.717) is 9.52 Å². The van der Waals surface area contributed by atoms with Crippen molar-refractivity contribution < 1.29 is 9.47 Å². The van der Waals surface area contributed by atoms with Crippen LogP contribution in [0.15, 0.2) is 11.8 Å². The van der Waals surface area contributed by atoms with Crippen molar-refractivity contribution in [2.75, 3.05) is 13.2 Å². The smallest absolute Gasteiger partial charge is 0.147 e. The van der Waals surface area contributed by atoms with Crippen molar-refractivity contribution >= 4 is 9.52 Å². The summed E-state index contributed by atoms with van der Waals surface area (Å²) >= 11 is 0. The van der Waals surface area contributed by atoms with E-state index in [1.807, 2.05) is 13.8 Å². The molecule has 13 heavy (non-hydrogen) atoms. The first kappa shape index (κ1) is 12.9. The van der Waals surface area contributed by atoms with Crippen molar-refractivity contribution in [2.24, 2.45) is 0 Å². The molecule has 0 aliphatic carbocycles. The molecule has 0 fully saturated rings. The quantitative estimate of drug-likeness (QED) is 0.442. The molecule has 0 atom stereocenters. The predicted molar refractivity (Wildman–Crippen MR) is 56.8 cm³/mol. The Labute approximate surface area is 84.1 Å². The molecule has 0 bridgehead atoms. The second kappa shape index (κ2) is 9.96. The lowest BCUT2D eigenvalue weighted by atomic mass is 10.3. The number of ether oxygens (including phenoxy) is 2. The third kappa shape index (κ3) is 8.21. The Bertz CT molecular complexity index is 120. The summed E-state index contributed by atoms with van der Waals surface area (Å²) in [6.07, 6.45) is 4.55. The molecule has 0 aromatic rings. The zero-order chi connectivity index (χ0) is 9.94. The first-order chi connectivity index (χ1) is 6.35. The minimum Gasteiger partial charge on any atom is -0.357 e. The summed E-state index contributed by atoms with van der Waals surface area (Å²) in [5, 5.41) is 0. The van der Waals surface area contributed by atoms with Gasteiger partial charge in [-0.15, -0.1) is 0 Å². The number of hydrogen-bond acceptors (Lipinski definition) is 2. The highest BCUT2D eigenvalue weighted by molar-refractivity contribution is 6.43. The standard InChI is InChI=1S/C10H20O2Si/c1-4-7-8-9-13-10(11-5-2)12-6-3/h8-10H,4-7H2,1-3H3. The normalized spacial score (nSPS) is 11.7. The average Bonchev–Trinajstić information content (AvgIpc) is 2.13. The fourth-order valence-corrected chi connectivity index (χ4v) is 1.83. The van der Waals surface area contributed by atoms with Gasteiger partial charge in [0.15, 0.2) is 0 Å². The van der Waals surface area contributed by atoms with Gasteiger partial charge >= 0.3 is 0 Å². The maximum atomic E-state index is 5.40. The molecule has 0 aliphatic heterocycles. The highest BCUT2D eigenvalue weighted by Gasteiger charge is 2.05. The van der Waals surface area contributed by atoms with Gasteiger partial charge in [0.25, 0.3) is 0 Å². The van der Waals surface area contributed by atoms with E-state index < -0.39 is 0 Å². The molecule has 0 saturated carbocycles. The van der Waals surface area contributed by atoms with Crippen molar-refractivity contribution in [3.05, 3.63) is 11.8 Å². The van der Waals surface area contributed by atoms with Gasteiger partial charge in [-0.25, -0.2) is 0 Å². The molecule has 0 aromatic heterocycles. The number of hydrogen-bond donors (Lipinski definition) is 0. The van der Waals surface area contributed by atoms with Crippen LogP contribution in [0.4, 0.5) is 0 Å². The third-order valence-corrected chi connectivity index (χ3v) is 2.48. The Morgan fingerprint density at radius 3 is 2.23 bits per heavy atom.